The van der Waals surface area contributed by atoms with Gasteiger partial charge < -0.3 is 10.2 Å². The molecule has 1 fully saturated rings. The van der Waals surface area contributed by atoms with E-state index < -0.39 is 0 Å². The summed E-state index contributed by atoms with van der Waals surface area (Å²) in [6, 6.07) is 1.42. The maximum absolute atomic E-state index is 3.70. The van der Waals surface area contributed by atoms with E-state index in [1.807, 2.05) is 0 Å². The zero-order chi connectivity index (χ0) is 13.8. The molecule has 3 unspecified atom stereocenters. The summed E-state index contributed by atoms with van der Waals surface area (Å²) in [5, 5.41) is 3.70. The van der Waals surface area contributed by atoms with Gasteiger partial charge in [0.2, 0.25) is 0 Å². The molecule has 0 saturated heterocycles. The zero-order valence-electron chi connectivity index (χ0n) is 13.4. The van der Waals surface area contributed by atoms with Crippen LogP contribution in [0.1, 0.15) is 60.3 Å². The van der Waals surface area contributed by atoms with Crippen molar-refractivity contribution in [1.82, 2.24) is 10.2 Å². The maximum atomic E-state index is 3.70. The molecule has 0 amide bonds. The molecule has 108 valence electrons. The lowest BCUT2D eigenvalue weighted by Crippen LogP contribution is -2.53. The summed E-state index contributed by atoms with van der Waals surface area (Å²) in [6.07, 6.45) is 5.49. The van der Waals surface area contributed by atoms with E-state index in [9.17, 15) is 0 Å². The fraction of sp³-hybridized carbons (Fsp3) is 1.00. The largest absolute Gasteiger partial charge is 0.313 e. The van der Waals surface area contributed by atoms with Crippen molar-refractivity contribution in [1.29, 1.82) is 0 Å². The Hall–Kier alpha value is -0.0800. The molecule has 1 rings (SSSR count). The van der Waals surface area contributed by atoms with E-state index in [1.54, 1.807) is 0 Å². The summed E-state index contributed by atoms with van der Waals surface area (Å²) in [4.78, 5) is 2.61. The molecule has 0 aromatic rings. The van der Waals surface area contributed by atoms with Crippen molar-refractivity contribution in [3.63, 3.8) is 0 Å². The van der Waals surface area contributed by atoms with Crippen molar-refractivity contribution >= 4 is 0 Å². The van der Waals surface area contributed by atoms with Crippen LogP contribution in [0.2, 0.25) is 0 Å². The predicted molar refractivity (Wildman–Crippen MR) is 81.0 cm³/mol. The molecule has 0 spiro atoms. The fourth-order valence-electron chi connectivity index (χ4n) is 3.45. The Labute approximate surface area is 115 Å². The first-order chi connectivity index (χ1) is 8.37. The van der Waals surface area contributed by atoms with E-state index in [0.717, 1.165) is 18.5 Å². The van der Waals surface area contributed by atoms with Gasteiger partial charge in [-0.05, 0) is 44.2 Å². The molecule has 1 saturated carbocycles. The third-order valence-electron chi connectivity index (χ3n) is 4.26. The molecule has 0 aromatic heterocycles. The van der Waals surface area contributed by atoms with E-state index in [1.165, 1.54) is 32.2 Å². The van der Waals surface area contributed by atoms with Gasteiger partial charge in [0.25, 0.3) is 0 Å². The molecule has 2 nitrogen and oxygen atoms in total. The summed E-state index contributed by atoms with van der Waals surface area (Å²) in [6.45, 7) is 13.9. The lowest BCUT2D eigenvalue weighted by Gasteiger charge is -2.43. The van der Waals surface area contributed by atoms with E-state index in [0.29, 0.717) is 11.5 Å². The highest BCUT2D eigenvalue weighted by molar-refractivity contribution is 4.90. The average molecular weight is 254 g/mol. The summed E-state index contributed by atoms with van der Waals surface area (Å²) in [5.41, 5.74) is 0.394. The van der Waals surface area contributed by atoms with E-state index in [-0.39, 0.29) is 0 Å². The van der Waals surface area contributed by atoms with Crippen LogP contribution in [-0.4, -0.2) is 37.1 Å². The first-order valence-electron chi connectivity index (χ1n) is 7.81. The van der Waals surface area contributed by atoms with Crippen molar-refractivity contribution < 1.29 is 0 Å². The van der Waals surface area contributed by atoms with Gasteiger partial charge in [0.05, 0.1) is 0 Å². The van der Waals surface area contributed by atoms with Gasteiger partial charge in [0, 0.05) is 18.6 Å². The highest BCUT2D eigenvalue weighted by Crippen LogP contribution is 2.31. The Bertz CT molecular complexity index is 232. The van der Waals surface area contributed by atoms with Gasteiger partial charge in [0.15, 0.2) is 0 Å². The second kappa shape index (κ2) is 6.91. The zero-order valence-corrected chi connectivity index (χ0v) is 13.4. The lowest BCUT2D eigenvalue weighted by atomic mass is 9.79. The Morgan fingerprint density at radius 1 is 1.17 bits per heavy atom. The quantitative estimate of drug-likeness (QED) is 0.807. The van der Waals surface area contributed by atoms with Crippen LogP contribution < -0.4 is 5.32 Å². The smallest absolute Gasteiger partial charge is 0.0249 e. The first kappa shape index (κ1) is 16.0. The van der Waals surface area contributed by atoms with Crippen molar-refractivity contribution in [2.24, 2.45) is 11.3 Å². The van der Waals surface area contributed by atoms with Crippen molar-refractivity contribution in [3.8, 4) is 0 Å². The molecule has 0 heterocycles. The van der Waals surface area contributed by atoms with Gasteiger partial charge in [-0.25, -0.2) is 0 Å². The van der Waals surface area contributed by atoms with Crippen LogP contribution in [0.4, 0.5) is 0 Å². The third-order valence-corrected chi connectivity index (χ3v) is 4.26. The molecule has 0 radical (unpaired) electrons. The first-order valence-corrected chi connectivity index (χ1v) is 7.81. The van der Waals surface area contributed by atoms with Gasteiger partial charge in [-0.2, -0.15) is 0 Å². The van der Waals surface area contributed by atoms with Crippen LogP contribution in [0.5, 0.6) is 0 Å². The normalized spacial score (nSPS) is 29.8. The van der Waals surface area contributed by atoms with Crippen LogP contribution in [-0.2, 0) is 0 Å². The SMILES string of the molecule is CCNC1CCC(CC)CC1N(C)CC(C)(C)C. The number of hydrogen-bond donors (Lipinski definition) is 1. The summed E-state index contributed by atoms with van der Waals surface area (Å²) >= 11 is 0. The van der Waals surface area contributed by atoms with Crippen LogP contribution in [0.15, 0.2) is 0 Å². The van der Waals surface area contributed by atoms with Gasteiger partial charge in [-0.1, -0.05) is 41.0 Å². The van der Waals surface area contributed by atoms with Gasteiger partial charge in [0.1, 0.15) is 0 Å². The van der Waals surface area contributed by atoms with Crippen LogP contribution in [0.3, 0.4) is 0 Å². The van der Waals surface area contributed by atoms with Gasteiger partial charge >= 0.3 is 0 Å². The van der Waals surface area contributed by atoms with Gasteiger partial charge in [-0.3, -0.25) is 0 Å². The molecule has 3 atom stereocenters. The second-order valence-electron chi connectivity index (χ2n) is 7.29. The standard InChI is InChI=1S/C16H34N2/c1-7-13-9-10-14(17-8-2)15(11-13)18(6)12-16(3,4)5/h13-15,17H,7-12H2,1-6H3. The Kier molecular flexibility index (Phi) is 6.13. The number of rotatable bonds is 5. The number of hydrogen-bond acceptors (Lipinski definition) is 2. The predicted octanol–water partition coefficient (Wildman–Crippen LogP) is 3.52. The number of nitrogens with zero attached hydrogens (tertiary/aromatic N) is 1. The third kappa shape index (κ3) is 4.89. The minimum Gasteiger partial charge on any atom is -0.313 e. The Balaban J connectivity index is 2.64. The van der Waals surface area contributed by atoms with Crippen LogP contribution in [0.25, 0.3) is 0 Å². The molecule has 0 bridgehead atoms. The van der Waals surface area contributed by atoms with Gasteiger partial charge in [-0.15, -0.1) is 0 Å². The highest BCUT2D eigenvalue weighted by atomic mass is 15.2. The molecular weight excluding hydrogens is 220 g/mol. The second-order valence-corrected chi connectivity index (χ2v) is 7.29. The average Bonchev–Trinajstić information content (AvgIpc) is 2.27. The number of nitrogens with one attached hydrogen (secondary N) is 1. The Morgan fingerprint density at radius 2 is 1.83 bits per heavy atom. The molecule has 1 aliphatic rings. The maximum Gasteiger partial charge on any atom is 0.0249 e. The minimum absolute atomic E-state index is 0.394. The highest BCUT2D eigenvalue weighted by Gasteiger charge is 2.33. The van der Waals surface area contributed by atoms with E-state index in [2.05, 4.69) is 51.9 Å². The molecule has 1 N–H and O–H groups in total. The molecule has 0 aromatic carbocycles. The molecule has 18 heavy (non-hydrogen) atoms. The summed E-state index contributed by atoms with van der Waals surface area (Å²) in [7, 11) is 2.32. The monoisotopic (exact) mass is 254 g/mol. The topological polar surface area (TPSA) is 15.3 Å². The lowest BCUT2D eigenvalue weighted by molar-refractivity contribution is 0.0900. The molecule has 2 heteroatoms. The van der Waals surface area contributed by atoms with E-state index in [4.69, 9.17) is 0 Å². The Morgan fingerprint density at radius 3 is 2.33 bits per heavy atom. The van der Waals surface area contributed by atoms with Crippen molar-refractivity contribution in [3.05, 3.63) is 0 Å². The summed E-state index contributed by atoms with van der Waals surface area (Å²) < 4.78 is 0. The summed E-state index contributed by atoms with van der Waals surface area (Å²) in [5.74, 6) is 0.937. The minimum atomic E-state index is 0.394. The van der Waals surface area contributed by atoms with Crippen molar-refractivity contribution in [2.45, 2.75) is 72.4 Å². The van der Waals surface area contributed by atoms with Crippen molar-refractivity contribution in [2.75, 3.05) is 20.1 Å². The van der Waals surface area contributed by atoms with Crippen LogP contribution in [0, 0.1) is 11.3 Å². The molecular formula is C16H34N2. The van der Waals surface area contributed by atoms with E-state index >= 15 is 0 Å². The number of likely N-dealkylation sites (N-methyl/N-ethyl adjacent to an activating group) is 2. The fourth-order valence-corrected chi connectivity index (χ4v) is 3.45. The molecule has 1 aliphatic carbocycles. The van der Waals surface area contributed by atoms with Crippen LogP contribution >= 0.6 is 0 Å². The molecule has 0 aliphatic heterocycles.